The molecule has 8 bridgehead atoms. The number of benzene rings is 3. The van der Waals surface area contributed by atoms with E-state index in [2.05, 4.69) is 59.6 Å². The second-order valence-corrected chi connectivity index (χ2v) is 19.4. The van der Waals surface area contributed by atoms with Gasteiger partial charge in [-0.2, -0.15) is 30.3 Å². The van der Waals surface area contributed by atoms with Crippen molar-refractivity contribution in [2.24, 2.45) is 35.5 Å². The van der Waals surface area contributed by atoms with E-state index in [1.165, 1.54) is 93.1 Å². The van der Waals surface area contributed by atoms with Gasteiger partial charge in [0.2, 0.25) is 0 Å². The maximum atomic E-state index is 15.9. The third-order valence-electron chi connectivity index (χ3n) is 13.0. The molecule has 1 aromatic heterocycles. The molecule has 0 amide bonds. The normalized spacial score (nSPS) is 36.5. The molecule has 45 heavy (non-hydrogen) atoms. The van der Waals surface area contributed by atoms with Crippen molar-refractivity contribution in [2.75, 3.05) is 0 Å². The van der Waals surface area contributed by atoms with Crippen molar-refractivity contribution in [3.63, 3.8) is 0 Å². The van der Waals surface area contributed by atoms with Crippen molar-refractivity contribution in [2.45, 2.75) is 87.4 Å². The zero-order valence-corrected chi connectivity index (χ0v) is 29.5. The standard InChI is InChI=1S/C26H34OP.C15H10N.Ir/c27-28(24-4-2-1-3-5-24,25-12-18-6-19(13-25)8-20(7-18)14-25)26-15-21-9-22(16-26)11-23(10-21)17-26;1-2-6-12(7-3-1)15-10-13-8-4-5-9-14(13)11-16-15;/h1-4,18-23H,6-17H2;1-6,8-11H;/q2*-1;. The van der Waals surface area contributed by atoms with Gasteiger partial charge in [-0.1, -0.05) is 30.3 Å². The second kappa shape index (κ2) is 11.6. The minimum atomic E-state index is -2.53. The molecule has 8 saturated carbocycles. The Morgan fingerprint density at radius 1 is 0.600 bits per heavy atom. The summed E-state index contributed by atoms with van der Waals surface area (Å²) in [6, 6.07) is 33.5. The van der Waals surface area contributed by atoms with Crippen molar-refractivity contribution in [3.05, 3.63) is 97.2 Å². The summed E-state index contributed by atoms with van der Waals surface area (Å²) in [5.41, 5.74) is 2.01. The van der Waals surface area contributed by atoms with E-state index in [0.717, 1.165) is 46.8 Å². The van der Waals surface area contributed by atoms with Gasteiger partial charge in [-0.05, 0) is 129 Å². The van der Waals surface area contributed by atoms with Crippen molar-refractivity contribution in [1.82, 2.24) is 4.98 Å². The summed E-state index contributed by atoms with van der Waals surface area (Å²) < 4.78 is 15.9. The molecule has 8 aliphatic rings. The van der Waals surface area contributed by atoms with Crippen LogP contribution in [0.1, 0.15) is 77.0 Å². The van der Waals surface area contributed by atoms with Crippen LogP contribution >= 0.6 is 7.14 Å². The number of hydrogen-bond donors (Lipinski definition) is 0. The largest absolute Gasteiger partial charge is 0.320 e. The molecule has 0 atom stereocenters. The number of aromatic nitrogens is 1. The predicted octanol–water partition coefficient (Wildman–Crippen LogP) is 10.1. The first-order valence-corrected chi connectivity index (χ1v) is 19.1. The molecule has 0 N–H and O–H groups in total. The quantitative estimate of drug-likeness (QED) is 0.152. The molecule has 0 saturated heterocycles. The monoisotopic (exact) mass is 790 g/mol. The number of pyridine rings is 1. The summed E-state index contributed by atoms with van der Waals surface area (Å²) in [5.74, 6) is 5.23. The zero-order chi connectivity index (χ0) is 29.4. The Morgan fingerprint density at radius 3 is 1.53 bits per heavy atom. The van der Waals surface area contributed by atoms with Crippen LogP contribution < -0.4 is 5.30 Å². The molecule has 4 aromatic rings. The van der Waals surface area contributed by atoms with Gasteiger partial charge in [0, 0.05) is 36.6 Å². The predicted molar refractivity (Wildman–Crippen MR) is 180 cm³/mol. The minimum absolute atomic E-state index is 0. The van der Waals surface area contributed by atoms with E-state index in [1.54, 1.807) is 0 Å². The number of rotatable bonds is 4. The van der Waals surface area contributed by atoms with Crippen LogP contribution in [0.4, 0.5) is 0 Å². The van der Waals surface area contributed by atoms with Crippen molar-refractivity contribution >= 4 is 23.2 Å². The Kier molecular flexibility index (Phi) is 7.79. The Bertz CT molecular complexity index is 1600. The Hall–Kier alpha value is -2.05. The van der Waals surface area contributed by atoms with E-state index in [-0.39, 0.29) is 30.4 Å². The summed E-state index contributed by atoms with van der Waals surface area (Å²) >= 11 is 0. The fraction of sp³-hybridized carbons (Fsp3) is 0.488. The van der Waals surface area contributed by atoms with E-state index >= 15 is 4.57 Å². The van der Waals surface area contributed by atoms with E-state index in [9.17, 15) is 0 Å². The molecule has 3 aromatic carbocycles. The van der Waals surface area contributed by atoms with E-state index in [4.69, 9.17) is 0 Å². The molecule has 1 heterocycles. The fourth-order valence-electron chi connectivity index (χ4n) is 12.3. The third kappa shape index (κ3) is 4.98. The van der Waals surface area contributed by atoms with Gasteiger partial charge in [-0.15, -0.1) is 41.2 Å². The van der Waals surface area contributed by atoms with Crippen LogP contribution in [0.3, 0.4) is 0 Å². The SMILES string of the molecule is O=P(c1[c-]cccc1)(C12CC3CC(CC(C3)C1)C2)C12CC3CC(CC(C3)C1)C2.[Ir].[c-]1ccccc1-c1cc2ccccc2cn1. The van der Waals surface area contributed by atoms with Crippen LogP contribution in [0.5, 0.6) is 0 Å². The average molecular weight is 790 g/mol. The van der Waals surface area contributed by atoms with Gasteiger partial charge in [-0.25, -0.2) is 0 Å². The first kappa shape index (κ1) is 30.3. The molecular weight excluding hydrogens is 746 g/mol. The zero-order valence-electron chi connectivity index (χ0n) is 26.2. The maximum absolute atomic E-state index is 15.9. The van der Waals surface area contributed by atoms with Crippen LogP contribution in [0.15, 0.2) is 85.1 Å². The Balaban J connectivity index is 0.000000151. The molecule has 0 aliphatic heterocycles. The summed E-state index contributed by atoms with van der Waals surface area (Å²) in [5, 5.41) is 3.81. The van der Waals surface area contributed by atoms with Gasteiger partial charge < -0.3 is 9.55 Å². The molecule has 12 rings (SSSR count). The molecule has 1 radical (unpaired) electrons. The molecular formula is C41H44IrNOP-2. The molecule has 2 nitrogen and oxygen atoms in total. The Morgan fingerprint density at radius 2 is 1.07 bits per heavy atom. The first-order valence-electron chi connectivity index (χ1n) is 17.4. The molecule has 235 valence electrons. The number of nitrogens with zero attached hydrogens (tertiary/aromatic N) is 1. The third-order valence-corrected chi connectivity index (χ3v) is 17.7. The van der Waals surface area contributed by atoms with Crippen LogP contribution in [0, 0.1) is 47.6 Å². The summed E-state index contributed by atoms with van der Waals surface area (Å²) in [6.45, 7) is 0. The summed E-state index contributed by atoms with van der Waals surface area (Å²) in [6.07, 6.45) is 18.2. The van der Waals surface area contributed by atoms with E-state index in [0.29, 0.717) is 0 Å². The van der Waals surface area contributed by atoms with Gasteiger partial charge in [0.05, 0.1) is 0 Å². The van der Waals surface area contributed by atoms with Crippen LogP contribution in [0.25, 0.3) is 22.0 Å². The van der Waals surface area contributed by atoms with E-state index < -0.39 is 7.14 Å². The van der Waals surface area contributed by atoms with Crippen molar-refractivity contribution < 1.29 is 24.7 Å². The molecule has 0 spiro atoms. The summed E-state index contributed by atoms with van der Waals surface area (Å²) in [7, 11) is -2.53. The van der Waals surface area contributed by atoms with Crippen LogP contribution in [-0.2, 0) is 24.7 Å². The average Bonchev–Trinajstić information content (AvgIpc) is 3.04. The van der Waals surface area contributed by atoms with Crippen LogP contribution in [-0.4, -0.2) is 15.3 Å². The smallest absolute Gasteiger partial charge is 0.104 e. The van der Waals surface area contributed by atoms with Gasteiger partial charge in [-0.3, -0.25) is 0 Å². The summed E-state index contributed by atoms with van der Waals surface area (Å²) in [4.78, 5) is 4.45. The molecule has 0 unspecified atom stereocenters. The fourth-order valence-corrected chi connectivity index (χ4v) is 18.0. The second-order valence-electron chi connectivity index (χ2n) is 15.8. The maximum Gasteiger partial charge on any atom is 0.104 e. The van der Waals surface area contributed by atoms with Crippen molar-refractivity contribution in [1.29, 1.82) is 0 Å². The van der Waals surface area contributed by atoms with Gasteiger partial charge in [0.15, 0.2) is 0 Å². The van der Waals surface area contributed by atoms with Crippen molar-refractivity contribution in [3.8, 4) is 11.3 Å². The van der Waals surface area contributed by atoms with E-state index in [1.807, 2.05) is 42.6 Å². The molecule has 4 heteroatoms. The first-order chi connectivity index (χ1) is 21.5. The number of fused-ring (bicyclic) bond motifs is 1. The topological polar surface area (TPSA) is 30.0 Å². The minimum Gasteiger partial charge on any atom is -0.320 e. The van der Waals surface area contributed by atoms with Gasteiger partial charge >= 0.3 is 0 Å². The van der Waals surface area contributed by atoms with Gasteiger partial charge in [0.25, 0.3) is 0 Å². The van der Waals surface area contributed by atoms with Gasteiger partial charge in [0.1, 0.15) is 7.14 Å². The Labute approximate surface area is 282 Å². The molecule has 8 fully saturated rings. The molecule has 8 aliphatic carbocycles. The number of hydrogen-bond acceptors (Lipinski definition) is 2. The van der Waals surface area contributed by atoms with Crippen LogP contribution in [0.2, 0.25) is 0 Å².